The van der Waals surface area contributed by atoms with Crippen LogP contribution in [0.1, 0.15) is 29.7 Å². The summed E-state index contributed by atoms with van der Waals surface area (Å²) in [6.07, 6.45) is 3.65. The summed E-state index contributed by atoms with van der Waals surface area (Å²) in [6.45, 7) is 5.06. The first-order valence-corrected chi connectivity index (χ1v) is 6.47. The summed E-state index contributed by atoms with van der Waals surface area (Å²) >= 11 is 0. The highest BCUT2D eigenvalue weighted by molar-refractivity contribution is 5.36. The molecule has 3 heteroatoms. The molecule has 0 fully saturated rings. The van der Waals surface area contributed by atoms with Crippen molar-refractivity contribution in [3.8, 4) is 5.75 Å². The van der Waals surface area contributed by atoms with Gasteiger partial charge in [-0.25, -0.2) is 0 Å². The van der Waals surface area contributed by atoms with Gasteiger partial charge in [0, 0.05) is 25.0 Å². The van der Waals surface area contributed by atoms with E-state index < -0.39 is 0 Å². The van der Waals surface area contributed by atoms with E-state index in [0.29, 0.717) is 6.04 Å². The second-order valence-corrected chi connectivity index (χ2v) is 4.69. The Labute approximate surface area is 114 Å². The fourth-order valence-electron chi connectivity index (χ4n) is 2.09. The van der Waals surface area contributed by atoms with Gasteiger partial charge in [0.25, 0.3) is 0 Å². The molecule has 0 radical (unpaired) electrons. The van der Waals surface area contributed by atoms with Crippen molar-refractivity contribution in [1.82, 2.24) is 10.3 Å². The number of pyridine rings is 1. The molecule has 2 aromatic rings. The van der Waals surface area contributed by atoms with Crippen LogP contribution in [0.2, 0.25) is 0 Å². The van der Waals surface area contributed by atoms with Crippen molar-refractivity contribution in [2.24, 2.45) is 0 Å². The van der Waals surface area contributed by atoms with Crippen molar-refractivity contribution in [1.29, 1.82) is 0 Å². The minimum atomic E-state index is 0.311. The Hall–Kier alpha value is -1.87. The van der Waals surface area contributed by atoms with Gasteiger partial charge in [-0.1, -0.05) is 12.1 Å². The summed E-state index contributed by atoms with van der Waals surface area (Å²) < 4.78 is 5.27. The van der Waals surface area contributed by atoms with E-state index in [-0.39, 0.29) is 0 Å². The molecule has 3 nitrogen and oxygen atoms in total. The number of nitrogens with zero attached hydrogens (tertiary/aromatic N) is 1. The van der Waals surface area contributed by atoms with Crippen LogP contribution in [0.4, 0.5) is 0 Å². The van der Waals surface area contributed by atoms with Crippen LogP contribution >= 0.6 is 0 Å². The quantitative estimate of drug-likeness (QED) is 0.891. The fourth-order valence-corrected chi connectivity index (χ4v) is 2.09. The zero-order valence-electron chi connectivity index (χ0n) is 11.7. The van der Waals surface area contributed by atoms with Gasteiger partial charge in [-0.05, 0) is 48.7 Å². The molecule has 1 atom stereocenters. The highest BCUT2D eigenvalue weighted by Gasteiger charge is 2.05. The standard InChI is InChI=1S/C16H20N2O/c1-12-10-14(4-5-16(12)19-3)11-18-13(2)15-6-8-17-9-7-15/h4-10,13,18H,11H2,1-3H3/t13-/m0/s1. The maximum Gasteiger partial charge on any atom is 0.121 e. The maximum absolute atomic E-state index is 5.27. The molecule has 0 spiro atoms. The van der Waals surface area contributed by atoms with E-state index in [1.54, 1.807) is 7.11 Å². The Bertz CT molecular complexity index is 526. The van der Waals surface area contributed by atoms with Crippen LogP contribution in [0, 0.1) is 6.92 Å². The molecule has 0 aliphatic rings. The first kappa shape index (κ1) is 13.6. The zero-order chi connectivity index (χ0) is 13.7. The Morgan fingerprint density at radius 1 is 1.21 bits per heavy atom. The number of hydrogen-bond donors (Lipinski definition) is 1. The molecule has 0 saturated heterocycles. The molecule has 0 amide bonds. The van der Waals surface area contributed by atoms with Crippen LogP contribution in [0.3, 0.4) is 0 Å². The van der Waals surface area contributed by atoms with E-state index in [1.165, 1.54) is 16.7 Å². The lowest BCUT2D eigenvalue weighted by Crippen LogP contribution is -2.18. The summed E-state index contributed by atoms with van der Waals surface area (Å²) in [4.78, 5) is 4.04. The lowest BCUT2D eigenvalue weighted by molar-refractivity contribution is 0.411. The average Bonchev–Trinajstić information content (AvgIpc) is 2.46. The highest BCUT2D eigenvalue weighted by Crippen LogP contribution is 2.19. The van der Waals surface area contributed by atoms with Crippen LogP contribution < -0.4 is 10.1 Å². The molecule has 1 aromatic carbocycles. The number of aromatic nitrogens is 1. The second-order valence-electron chi connectivity index (χ2n) is 4.69. The van der Waals surface area contributed by atoms with E-state index in [9.17, 15) is 0 Å². The van der Waals surface area contributed by atoms with Crippen molar-refractivity contribution in [3.05, 3.63) is 59.4 Å². The summed E-state index contributed by atoms with van der Waals surface area (Å²) in [7, 11) is 1.70. The normalized spacial score (nSPS) is 12.2. The SMILES string of the molecule is COc1ccc(CN[C@@H](C)c2ccncc2)cc1C. The number of nitrogens with one attached hydrogen (secondary N) is 1. The van der Waals surface area contributed by atoms with E-state index in [0.717, 1.165) is 12.3 Å². The van der Waals surface area contributed by atoms with Crippen molar-refractivity contribution >= 4 is 0 Å². The Balaban J connectivity index is 1.97. The monoisotopic (exact) mass is 256 g/mol. The molecule has 0 bridgehead atoms. The predicted octanol–water partition coefficient (Wildman–Crippen LogP) is 3.25. The number of aryl methyl sites for hydroxylation is 1. The molecule has 0 aliphatic carbocycles. The number of rotatable bonds is 5. The summed E-state index contributed by atoms with van der Waals surface area (Å²) in [6, 6.07) is 10.7. The number of benzene rings is 1. The molecular weight excluding hydrogens is 236 g/mol. The van der Waals surface area contributed by atoms with Gasteiger partial charge in [0.15, 0.2) is 0 Å². The summed E-state index contributed by atoms with van der Waals surface area (Å²) in [5.41, 5.74) is 3.68. The molecule has 1 heterocycles. The van der Waals surface area contributed by atoms with E-state index in [2.05, 4.69) is 36.3 Å². The zero-order valence-corrected chi connectivity index (χ0v) is 11.7. The molecule has 0 aliphatic heterocycles. The van der Waals surface area contributed by atoms with Gasteiger partial charge < -0.3 is 10.1 Å². The van der Waals surface area contributed by atoms with Gasteiger partial charge in [0.05, 0.1) is 7.11 Å². The van der Waals surface area contributed by atoms with Crippen LogP contribution in [-0.4, -0.2) is 12.1 Å². The largest absolute Gasteiger partial charge is 0.496 e. The number of methoxy groups -OCH3 is 1. The van der Waals surface area contributed by atoms with Crippen LogP contribution in [0.5, 0.6) is 5.75 Å². The Kier molecular flexibility index (Phi) is 4.53. The molecule has 1 aromatic heterocycles. The molecule has 0 saturated carbocycles. The van der Waals surface area contributed by atoms with Gasteiger partial charge in [-0.15, -0.1) is 0 Å². The van der Waals surface area contributed by atoms with Crippen LogP contribution in [0.15, 0.2) is 42.7 Å². The first-order chi connectivity index (χ1) is 9.20. The van der Waals surface area contributed by atoms with Gasteiger partial charge in [0.2, 0.25) is 0 Å². The predicted molar refractivity (Wildman–Crippen MR) is 77.2 cm³/mol. The third-order valence-electron chi connectivity index (χ3n) is 3.28. The van der Waals surface area contributed by atoms with Gasteiger partial charge in [-0.3, -0.25) is 4.98 Å². The van der Waals surface area contributed by atoms with Crippen molar-refractivity contribution in [2.45, 2.75) is 26.4 Å². The van der Waals surface area contributed by atoms with Gasteiger partial charge >= 0.3 is 0 Å². The third-order valence-corrected chi connectivity index (χ3v) is 3.28. The molecule has 1 N–H and O–H groups in total. The summed E-state index contributed by atoms with van der Waals surface area (Å²) in [5, 5.41) is 3.51. The van der Waals surface area contributed by atoms with Crippen molar-refractivity contribution < 1.29 is 4.74 Å². The summed E-state index contributed by atoms with van der Waals surface area (Å²) in [5.74, 6) is 0.936. The lowest BCUT2D eigenvalue weighted by Gasteiger charge is -2.15. The molecular formula is C16H20N2O. The van der Waals surface area contributed by atoms with Gasteiger partial charge in [0.1, 0.15) is 5.75 Å². The Morgan fingerprint density at radius 2 is 1.95 bits per heavy atom. The van der Waals surface area contributed by atoms with Crippen LogP contribution in [-0.2, 0) is 6.54 Å². The van der Waals surface area contributed by atoms with Crippen LogP contribution in [0.25, 0.3) is 0 Å². The highest BCUT2D eigenvalue weighted by atomic mass is 16.5. The first-order valence-electron chi connectivity index (χ1n) is 6.47. The number of ether oxygens (including phenoxy) is 1. The minimum Gasteiger partial charge on any atom is -0.496 e. The maximum atomic E-state index is 5.27. The van der Waals surface area contributed by atoms with Gasteiger partial charge in [-0.2, -0.15) is 0 Å². The molecule has 0 unspecified atom stereocenters. The fraction of sp³-hybridized carbons (Fsp3) is 0.312. The minimum absolute atomic E-state index is 0.311. The van der Waals surface area contributed by atoms with E-state index in [1.807, 2.05) is 30.6 Å². The Morgan fingerprint density at radius 3 is 2.58 bits per heavy atom. The lowest BCUT2D eigenvalue weighted by atomic mass is 10.1. The average molecular weight is 256 g/mol. The van der Waals surface area contributed by atoms with E-state index >= 15 is 0 Å². The molecule has 19 heavy (non-hydrogen) atoms. The van der Waals surface area contributed by atoms with E-state index in [4.69, 9.17) is 4.74 Å². The molecule has 100 valence electrons. The molecule has 2 rings (SSSR count). The second kappa shape index (κ2) is 6.34. The smallest absolute Gasteiger partial charge is 0.121 e. The van der Waals surface area contributed by atoms with Crippen molar-refractivity contribution in [3.63, 3.8) is 0 Å². The third kappa shape index (κ3) is 3.55. The number of hydrogen-bond acceptors (Lipinski definition) is 3. The topological polar surface area (TPSA) is 34.1 Å². The van der Waals surface area contributed by atoms with Crippen molar-refractivity contribution in [2.75, 3.05) is 7.11 Å².